The predicted molar refractivity (Wildman–Crippen MR) is 56.4 cm³/mol. The van der Waals surface area contributed by atoms with Crippen molar-refractivity contribution >= 4 is 0 Å². The fourth-order valence-electron chi connectivity index (χ4n) is 0.590. The first-order valence-electron chi connectivity index (χ1n) is 4.79. The van der Waals surface area contributed by atoms with Gasteiger partial charge in [-0.05, 0) is 31.0 Å². The molecule has 0 amide bonds. The highest BCUT2D eigenvalue weighted by Gasteiger charge is 1.93. The zero-order valence-electron chi connectivity index (χ0n) is 9.48. The third-order valence-electron chi connectivity index (χ3n) is 1.34. The Morgan fingerprint density at radius 3 is 1.77 bits per heavy atom. The molecule has 1 heterocycles. The van der Waals surface area contributed by atoms with E-state index >= 15 is 0 Å². The smallest absolute Gasteiger partial charge is 0.213 e. The standard InChI is InChI=1S/C7H8FN.2C2H6/c1-5-3-7(8)9-4-6(5)2;2*1-2/h3-4H,1-2H3;2*1-2H3. The number of aromatic nitrogens is 1. The zero-order chi connectivity index (χ0) is 10.9. The van der Waals surface area contributed by atoms with Crippen LogP contribution in [0.3, 0.4) is 0 Å². The first-order valence-corrected chi connectivity index (χ1v) is 4.79. The second kappa shape index (κ2) is 9.17. The molecule has 0 saturated heterocycles. The van der Waals surface area contributed by atoms with Gasteiger partial charge in [-0.2, -0.15) is 4.39 Å². The van der Waals surface area contributed by atoms with Gasteiger partial charge in [0.05, 0.1) is 0 Å². The lowest BCUT2D eigenvalue weighted by atomic mass is 10.2. The minimum Gasteiger partial charge on any atom is -0.228 e. The van der Waals surface area contributed by atoms with E-state index in [4.69, 9.17) is 0 Å². The van der Waals surface area contributed by atoms with Crippen LogP contribution >= 0.6 is 0 Å². The predicted octanol–water partition coefficient (Wildman–Crippen LogP) is 3.89. The van der Waals surface area contributed by atoms with Gasteiger partial charge in [-0.15, -0.1) is 0 Å². The molecule has 1 nitrogen and oxygen atoms in total. The van der Waals surface area contributed by atoms with Crippen LogP contribution in [0, 0.1) is 19.8 Å². The van der Waals surface area contributed by atoms with E-state index in [1.54, 1.807) is 0 Å². The van der Waals surface area contributed by atoms with Crippen molar-refractivity contribution in [3.05, 3.63) is 29.3 Å². The van der Waals surface area contributed by atoms with Crippen molar-refractivity contribution in [3.8, 4) is 0 Å². The minimum absolute atomic E-state index is 0.405. The third-order valence-corrected chi connectivity index (χ3v) is 1.34. The average molecular weight is 185 g/mol. The largest absolute Gasteiger partial charge is 0.228 e. The maximum absolute atomic E-state index is 12.2. The summed E-state index contributed by atoms with van der Waals surface area (Å²) in [7, 11) is 0. The van der Waals surface area contributed by atoms with E-state index in [2.05, 4.69) is 4.98 Å². The number of hydrogen-bond acceptors (Lipinski definition) is 1. The van der Waals surface area contributed by atoms with Crippen LogP contribution in [-0.2, 0) is 0 Å². The van der Waals surface area contributed by atoms with E-state index in [1.807, 2.05) is 41.5 Å². The quantitative estimate of drug-likeness (QED) is 0.559. The number of hydrogen-bond donors (Lipinski definition) is 0. The Bertz CT molecular complexity index is 221. The molecule has 0 N–H and O–H groups in total. The normalized spacial score (nSPS) is 7.62. The second-order valence-corrected chi connectivity index (χ2v) is 2.09. The van der Waals surface area contributed by atoms with Gasteiger partial charge in [-0.25, -0.2) is 4.98 Å². The SMILES string of the molecule is CC.CC.Cc1cnc(F)cc1C. The third kappa shape index (κ3) is 6.26. The molecule has 2 heteroatoms. The number of pyridine rings is 1. The van der Waals surface area contributed by atoms with E-state index in [0.717, 1.165) is 11.1 Å². The Hall–Kier alpha value is -0.920. The summed E-state index contributed by atoms with van der Waals surface area (Å²) in [4.78, 5) is 3.47. The molecule has 1 aromatic rings. The van der Waals surface area contributed by atoms with Crippen LogP contribution in [0.25, 0.3) is 0 Å². The molecular formula is C11H20FN. The molecule has 0 saturated carbocycles. The molecule has 0 aliphatic carbocycles. The van der Waals surface area contributed by atoms with Crippen LogP contribution in [0.4, 0.5) is 4.39 Å². The Morgan fingerprint density at radius 2 is 1.46 bits per heavy atom. The summed E-state index contributed by atoms with van der Waals surface area (Å²) in [6.07, 6.45) is 1.53. The zero-order valence-corrected chi connectivity index (χ0v) is 9.48. The van der Waals surface area contributed by atoms with Crippen LogP contribution in [0.1, 0.15) is 38.8 Å². The van der Waals surface area contributed by atoms with E-state index < -0.39 is 5.95 Å². The number of rotatable bonds is 0. The monoisotopic (exact) mass is 185 g/mol. The average Bonchev–Trinajstić information content (AvgIpc) is 2.18. The topological polar surface area (TPSA) is 12.9 Å². The van der Waals surface area contributed by atoms with Gasteiger partial charge in [0.15, 0.2) is 0 Å². The summed E-state index contributed by atoms with van der Waals surface area (Å²) in [5.74, 6) is -0.405. The van der Waals surface area contributed by atoms with Gasteiger partial charge in [0.1, 0.15) is 0 Å². The molecule has 0 fully saturated rings. The number of nitrogens with zero attached hydrogens (tertiary/aromatic N) is 1. The molecular weight excluding hydrogens is 165 g/mol. The van der Waals surface area contributed by atoms with E-state index in [0.29, 0.717) is 0 Å². The van der Waals surface area contributed by atoms with Crippen LogP contribution in [0.2, 0.25) is 0 Å². The molecule has 0 spiro atoms. The second-order valence-electron chi connectivity index (χ2n) is 2.09. The van der Waals surface area contributed by atoms with Crippen LogP contribution in [0.5, 0.6) is 0 Å². The molecule has 76 valence electrons. The summed E-state index contributed by atoms with van der Waals surface area (Å²) in [6, 6.07) is 1.43. The van der Waals surface area contributed by atoms with Gasteiger partial charge in [0.2, 0.25) is 5.95 Å². The first-order chi connectivity index (χ1) is 6.20. The molecule has 0 aliphatic heterocycles. The summed E-state index contributed by atoms with van der Waals surface area (Å²) in [6.45, 7) is 11.8. The summed E-state index contributed by atoms with van der Waals surface area (Å²) >= 11 is 0. The van der Waals surface area contributed by atoms with E-state index in [1.165, 1.54) is 12.3 Å². The summed E-state index contributed by atoms with van der Waals surface area (Å²) < 4.78 is 12.2. The molecule has 0 unspecified atom stereocenters. The highest BCUT2D eigenvalue weighted by molar-refractivity contribution is 5.19. The highest BCUT2D eigenvalue weighted by Crippen LogP contribution is 2.04. The Morgan fingerprint density at radius 1 is 1.00 bits per heavy atom. The highest BCUT2D eigenvalue weighted by atomic mass is 19.1. The first kappa shape index (κ1) is 14.6. The van der Waals surface area contributed by atoms with Crippen molar-refractivity contribution < 1.29 is 4.39 Å². The maximum atomic E-state index is 12.2. The fourth-order valence-corrected chi connectivity index (χ4v) is 0.590. The molecule has 0 aliphatic rings. The van der Waals surface area contributed by atoms with Crippen molar-refractivity contribution in [3.63, 3.8) is 0 Å². The molecule has 0 atom stereocenters. The Labute approximate surface area is 81.0 Å². The lowest BCUT2D eigenvalue weighted by Gasteiger charge is -1.95. The Kier molecular flexibility index (Phi) is 10.3. The van der Waals surface area contributed by atoms with Gasteiger partial charge in [0.25, 0.3) is 0 Å². The maximum Gasteiger partial charge on any atom is 0.213 e. The van der Waals surface area contributed by atoms with Crippen molar-refractivity contribution in [1.82, 2.24) is 4.98 Å². The molecule has 1 aromatic heterocycles. The van der Waals surface area contributed by atoms with Gasteiger partial charge in [-0.3, -0.25) is 0 Å². The lowest BCUT2D eigenvalue weighted by molar-refractivity contribution is 0.581. The minimum atomic E-state index is -0.405. The van der Waals surface area contributed by atoms with Crippen molar-refractivity contribution in [1.29, 1.82) is 0 Å². The molecule has 0 bridgehead atoms. The van der Waals surface area contributed by atoms with Crippen molar-refractivity contribution in [2.24, 2.45) is 0 Å². The molecule has 0 aromatic carbocycles. The van der Waals surface area contributed by atoms with Gasteiger partial charge >= 0.3 is 0 Å². The van der Waals surface area contributed by atoms with Crippen LogP contribution < -0.4 is 0 Å². The lowest BCUT2D eigenvalue weighted by Crippen LogP contribution is -1.86. The fraction of sp³-hybridized carbons (Fsp3) is 0.545. The van der Waals surface area contributed by atoms with Gasteiger partial charge in [0, 0.05) is 6.20 Å². The molecule has 1 rings (SSSR count). The Balaban J connectivity index is 0. The molecule has 0 radical (unpaired) electrons. The van der Waals surface area contributed by atoms with Crippen LogP contribution in [-0.4, -0.2) is 4.98 Å². The van der Waals surface area contributed by atoms with Crippen molar-refractivity contribution in [2.75, 3.05) is 0 Å². The van der Waals surface area contributed by atoms with E-state index in [-0.39, 0.29) is 0 Å². The van der Waals surface area contributed by atoms with Gasteiger partial charge in [-0.1, -0.05) is 27.7 Å². The summed E-state index contributed by atoms with van der Waals surface area (Å²) in [5.41, 5.74) is 1.97. The summed E-state index contributed by atoms with van der Waals surface area (Å²) in [5, 5.41) is 0. The van der Waals surface area contributed by atoms with Crippen molar-refractivity contribution in [2.45, 2.75) is 41.5 Å². The van der Waals surface area contributed by atoms with E-state index in [9.17, 15) is 4.39 Å². The van der Waals surface area contributed by atoms with Crippen LogP contribution in [0.15, 0.2) is 12.3 Å². The number of aryl methyl sites for hydroxylation is 2. The number of halogens is 1. The van der Waals surface area contributed by atoms with Gasteiger partial charge < -0.3 is 0 Å². The molecule has 13 heavy (non-hydrogen) atoms.